The maximum absolute atomic E-state index is 12.4. The summed E-state index contributed by atoms with van der Waals surface area (Å²) >= 11 is 0. The van der Waals surface area contributed by atoms with E-state index in [0.29, 0.717) is 0 Å². The van der Waals surface area contributed by atoms with Crippen molar-refractivity contribution in [2.45, 2.75) is 19.3 Å². The quantitative estimate of drug-likeness (QED) is 0.721. The van der Waals surface area contributed by atoms with Crippen LogP contribution in [0.5, 0.6) is 0 Å². The van der Waals surface area contributed by atoms with Crippen LogP contribution in [-0.2, 0) is 11.8 Å². The van der Waals surface area contributed by atoms with Crippen LogP contribution < -0.4 is 10.2 Å². The Morgan fingerprint density at radius 3 is 2.74 bits per heavy atom. The third-order valence-electron chi connectivity index (χ3n) is 4.90. The van der Waals surface area contributed by atoms with Gasteiger partial charge in [-0.1, -0.05) is 0 Å². The number of pyridine rings is 1. The van der Waals surface area contributed by atoms with Gasteiger partial charge in [-0.3, -0.25) is 14.5 Å². The Kier molecular flexibility index (Phi) is 4.87. The van der Waals surface area contributed by atoms with Gasteiger partial charge in [0.2, 0.25) is 5.91 Å². The summed E-state index contributed by atoms with van der Waals surface area (Å²) in [6, 6.07) is 6.11. The molecule has 3 aromatic rings. The second kappa shape index (κ2) is 7.61. The Morgan fingerprint density at radius 1 is 1.11 bits per heavy atom. The predicted octanol–water partition coefficient (Wildman–Crippen LogP) is 3.61. The summed E-state index contributed by atoms with van der Waals surface area (Å²) in [7, 11) is 1.85. The first-order valence-corrected chi connectivity index (χ1v) is 9.30. The number of anilines is 2. The Balaban J connectivity index is 1.58. The molecular formula is C21H23N5O. The zero-order valence-electron chi connectivity index (χ0n) is 15.4. The number of nitrogens with zero attached hydrogens (tertiary/aromatic N) is 4. The van der Waals surface area contributed by atoms with Gasteiger partial charge in [-0.2, -0.15) is 5.10 Å². The fourth-order valence-corrected chi connectivity index (χ4v) is 3.57. The number of carbonyl (C=O) groups is 1. The van der Waals surface area contributed by atoms with E-state index < -0.39 is 0 Å². The molecule has 6 heteroatoms. The number of fused-ring (bicyclic) bond motifs is 1. The van der Waals surface area contributed by atoms with E-state index in [2.05, 4.69) is 26.4 Å². The van der Waals surface area contributed by atoms with Crippen molar-refractivity contribution in [1.82, 2.24) is 14.8 Å². The lowest BCUT2D eigenvalue weighted by molar-refractivity contribution is -0.111. The normalized spacial score (nSPS) is 14.8. The maximum atomic E-state index is 12.4. The van der Waals surface area contributed by atoms with Crippen molar-refractivity contribution >= 4 is 34.1 Å². The largest absolute Gasteiger partial charge is 0.371 e. The van der Waals surface area contributed by atoms with Gasteiger partial charge in [0.25, 0.3) is 0 Å². The SMILES string of the molecule is Cn1cc(/C=C/C(=O)Nc2ccc(N3CCCCC3)c3ccncc23)cn1. The molecule has 138 valence electrons. The topological polar surface area (TPSA) is 63.1 Å². The number of aryl methyl sites for hydroxylation is 1. The third kappa shape index (κ3) is 3.84. The molecule has 0 radical (unpaired) electrons. The van der Waals surface area contributed by atoms with E-state index >= 15 is 0 Å². The van der Waals surface area contributed by atoms with Gasteiger partial charge in [0, 0.05) is 66.8 Å². The highest BCUT2D eigenvalue weighted by molar-refractivity contribution is 6.09. The van der Waals surface area contributed by atoms with Gasteiger partial charge in [0.1, 0.15) is 0 Å². The van der Waals surface area contributed by atoms with Crippen LogP contribution in [0.1, 0.15) is 24.8 Å². The molecule has 0 saturated carbocycles. The first kappa shape index (κ1) is 17.3. The van der Waals surface area contributed by atoms with Gasteiger partial charge < -0.3 is 10.2 Å². The molecule has 1 aliphatic rings. The first-order valence-electron chi connectivity index (χ1n) is 9.30. The summed E-state index contributed by atoms with van der Waals surface area (Å²) in [5.41, 5.74) is 2.88. The number of hydrogen-bond acceptors (Lipinski definition) is 4. The van der Waals surface area contributed by atoms with Crippen LogP contribution in [0.2, 0.25) is 0 Å². The summed E-state index contributed by atoms with van der Waals surface area (Å²) in [5, 5.41) is 9.16. The minimum absolute atomic E-state index is 0.172. The van der Waals surface area contributed by atoms with Crippen LogP contribution in [0.25, 0.3) is 16.8 Å². The third-order valence-corrected chi connectivity index (χ3v) is 4.90. The molecule has 0 bridgehead atoms. The smallest absolute Gasteiger partial charge is 0.248 e. The molecule has 0 atom stereocenters. The Hall–Kier alpha value is -3.15. The van der Waals surface area contributed by atoms with Crippen molar-refractivity contribution in [3.05, 3.63) is 54.6 Å². The molecule has 27 heavy (non-hydrogen) atoms. The lowest BCUT2D eigenvalue weighted by Gasteiger charge is -2.30. The predicted molar refractivity (Wildman–Crippen MR) is 109 cm³/mol. The van der Waals surface area contributed by atoms with Crippen molar-refractivity contribution < 1.29 is 4.79 Å². The summed E-state index contributed by atoms with van der Waals surface area (Å²) < 4.78 is 1.70. The number of piperidine rings is 1. The highest BCUT2D eigenvalue weighted by Gasteiger charge is 2.15. The molecule has 1 fully saturated rings. The monoisotopic (exact) mass is 361 g/mol. The van der Waals surface area contributed by atoms with Crippen LogP contribution in [-0.4, -0.2) is 33.8 Å². The average Bonchev–Trinajstić information content (AvgIpc) is 3.13. The standard InChI is InChI=1S/C21H23N5O/c1-25-15-16(13-23-25)5-8-21(27)24-19-6-7-20(26-11-3-2-4-12-26)17-9-10-22-14-18(17)19/h5-10,13-15H,2-4,11-12H2,1H3,(H,24,27)/b8-5+. The van der Waals surface area contributed by atoms with E-state index in [-0.39, 0.29) is 5.91 Å². The number of hydrogen-bond donors (Lipinski definition) is 1. The first-order chi connectivity index (χ1) is 13.2. The zero-order valence-corrected chi connectivity index (χ0v) is 15.4. The minimum Gasteiger partial charge on any atom is -0.371 e. The fourth-order valence-electron chi connectivity index (χ4n) is 3.57. The second-order valence-electron chi connectivity index (χ2n) is 6.87. The minimum atomic E-state index is -0.172. The van der Waals surface area contributed by atoms with Crippen LogP contribution in [0.15, 0.2) is 49.1 Å². The zero-order chi connectivity index (χ0) is 18.6. The second-order valence-corrected chi connectivity index (χ2v) is 6.87. The van der Waals surface area contributed by atoms with Crippen molar-refractivity contribution in [3.63, 3.8) is 0 Å². The van der Waals surface area contributed by atoms with E-state index in [0.717, 1.165) is 35.1 Å². The highest BCUT2D eigenvalue weighted by atomic mass is 16.1. The lowest BCUT2D eigenvalue weighted by Crippen LogP contribution is -2.29. The number of rotatable bonds is 4. The molecule has 0 spiro atoms. The molecule has 1 aliphatic heterocycles. The van der Waals surface area contributed by atoms with Crippen molar-refractivity contribution in [2.75, 3.05) is 23.3 Å². The van der Waals surface area contributed by atoms with Gasteiger partial charge in [0.15, 0.2) is 0 Å². The molecule has 4 rings (SSSR count). The number of nitrogens with one attached hydrogen (secondary N) is 1. The van der Waals surface area contributed by atoms with Crippen LogP contribution in [0.4, 0.5) is 11.4 Å². The number of carbonyl (C=O) groups excluding carboxylic acids is 1. The number of amides is 1. The Bertz CT molecular complexity index is 985. The molecular weight excluding hydrogens is 338 g/mol. The molecule has 6 nitrogen and oxygen atoms in total. The molecule has 1 amide bonds. The summed E-state index contributed by atoms with van der Waals surface area (Å²) in [4.78, 5) is 19.1. The van der Waals surface area contributed by atoms with Gasteiger partial charge in [0.05, 0.1) is 11.9 Å². The van der Waals surface area contributed by atoms with Gasteiger partial charge in [-0.15, -0.1) is 0 Å². The number of benzene rings is 1. The van der Waals surface area contributed by atoms with Crippen molar-refractivity contribution in [1.29, 1.82) is 0 Å². The molecule has 0 aliphatic carbocycles. The molecule has 1 N–H and O–H groups in total. The summed E-state index contributed by atoms with van der Waals surface area (Å²) in [5.74, 6) is -0.172. The van der Waals surface area contributed by atoms with E-state index in [1.807, 2.05) is 37.8 Å². The van der Waals surface area contributed by atoms with Crippen molar-refractivity contribution in [2.24, 2.45) is 7.05 Å². The van der Waals surface area contributed by atoms with Crippen molar-refractivity contribution in [3.8, 4) is 0 Å². The fraction of sp³-hybridized carbons (Fsp3) is 0.286. The van der Waals surface area contributed by atoms with Crippen LogP contribution in [0.3, 0.4) is 0 Å². The van der Waals surface area contributed by atoms with Crippen LogP contribution in [0, 0.1) is 0 Å². The van der Waals surface area contributed by atoms with E-state index in [9.17, 15) is 4.79 Å². The lowest BCUT2D eigenvalue weighted by atomic mass is 10.1. The van der Waals surface area contributed by atoms with E-state index in [1.165, 1.54) is 31.0 Å². The van der Waals surface area contributed by atoms with Gasteiger partial charge >= 0.3 is 0 Å². The molecule has 1 saturated heterocycles. The summed E-state index contributed by atoms with van der Waals surface area (Å²) in [6.07, 6.45) is 14.2. The Labute approximate surface area is 158 Å². The number of aromatic nitrogens is 3. The Morgan fingerprint density at radius 2 is 1.96 bits per heavy atom. The van der Waals surface area contributed by atoms with Gasteiger partial charge in [-0.05, 0) is 43.5 Å². The maximum Gasteiger partial charge on any atom is 0.248 e. The van der Waals surface area contributed by atoms with Gasteiger partial charge in [-0.25, -0.2) is 0 Å². The highest BCUT2D eigenvalue weighted by Crippen LogP contribution is 2.33. The summed E-state index contributed by atoms with van der Waals surface area (Å²) in [6.45, 7) is 2.16. The average molecular weight is 361 g/mol. The molecule has 2 aromatic heterocycles. The van der Waals surface area contributed by atoms with Crippen LogP contribution >= 0.6 is 0 Å². The molecule has 1 aromatic carbocycles. The molecule has 3 heterocycles. The van der Waals surface area contributed by atoms with E-state index in [1.54, 1.807) is 17.0 Å². The van der Waals surface area contributed by atoms with E-state index in [4.69, 9.17) is 0 Å². The molecule has 0 unspecified atom stereocenters.